The Kier molecular flexibility index (Phi) is 50.4. The van der Waals surface area contributed by atoms with Crippen molar-refractivity contribution in [2.75, 3.05) is 6.61 Å². The summed E-state index contributed by atoms with van der Waals surface area (Å²) in [5.41, 5.74) is 0. The van der Waals surface area contributed by atoms with E-state index in [0.29, 0.717) is 19.3 Å². The second-order valence-electron chi connectivity index (χ2n) is 19.7. The SMILES string of the molecule is CCCCC/C=C\CCCCCCCC(=O)OC(CCCCCCCCCCCCCCCCCCC)CC(=O)NC(CO)C(O)CCCCCCCCCCCCCCCCC. The largest absolute Gasteiger partial charge is 0.462 e. The number of nitrogens with one attached hydrogen (secondary N) is 1. The zero-order valence-electron chi connectivity index (χ0n) is 42.7. The maximum absolute atomic E-state index is 13.2. The van der Waals surface area contributed by atoms with Crippen LogP contribution in [-0.4, -0.2) is 46.9 Å². The maximum atomic E-state index is 13.2. The number of ether oxygens (including phenoxy) is 1. The summed E-state index contributed by atoms with van der Waals surface area (Å²) in [5, 5.41) is 23.9. The molecule has 3 unspecified atom stereocenters. The Morgan fingerprint density at radius 3 is 1.16 bits per heavy atom. The first-order chi connectivity index (χ1) is 31.0. The highest BCUT2D eigenvalue weighted by Gasteiger charge is 2.24. The molecule has 0 saturated carbocycles. The third-order valence-electron chi connectivity index (χ3n) is 13.3. The molecule has 6 nitrogen and oxygen atoms in total. The first kappa shape index (κ1) is 61.6. The number of esters is 1. The van der Waals surface area contributed by atoms with Gasteiger partial charge < -0.3 is 20.3 Å². The van der Waals surface area contributed by atoms with Crippen molar-refractivity contribution in [2.45, 2.75) is 334 Å². The van der Waals surface area contributed by atoms with Gasteiger partial charge in [0.15, 0.2) is 0 Å². The van der Waals surface area contributed by atoms with Crippen LogP contribution in [0.2, 0.25) is 0 Å². The van der Waals surface area contributed by atoms with Crippen molar-refractivity contribution in [3.8, 4) is 0 Å². The van der Waals surface area contributed by atoms with Gasteiger partial charge in [0.25, 0.3) is 0 Å². The maximum Gasteiger partial charge on any atom is 0.306 e. The van der Waals surface area contributed by atoms with E-state index in [1.807, 2.05) is 0 Å². The number of rotatable bonds is 52. The van der Waals surface area contributed by atoms with Crippen LogP contribution < -0.4 is 5.32 Å². The van der Waals surface area contributed by atoms with Gasteiger partial charge in [0, 0.05) is 6.42 Å². The number of hydrogen-bond acceptors (Lipinski definition) is 5. The molecule has 63 heavy (non-hydrogen) atoms. The molecular weight excluding hydrogens is 779 g/mol. The fourth-order valence-corrected chi connectivity index (χ4v) is 9.02. The van der Waals surface area contributed by atoms with Crippen LogP contribution in [0, 0.1) is 0 Å². The fourth-order valence-electron chi connectivity index (χ4n) is 9.02. The lowest BCUT2D eigenvalue weighted by molar-refractivity contribution is -0.151. The van der Waals surface area contributed by atoms with E-state index in [9.17, 15) is 19.8 Å². The van der Waals surface area contributed by atoms with Gasteiger partial charge in [-0.2, -0.15) is 0 Å². The third kappa shape index (κ3) is 46.9. The smallest absolute Gasteiger partial charge is 0.306 e. The number of hydrogen-bond donors (Lipinski definition) is 3. The monoisotopic (exact) mass is 890 g/mol. The van der Waals surface area contributed by atoms with Crippen molar-refractivity contribution < 1.29 is 24.5 Å². The zero-order valence-corrected chi connectivity index (χ0v) is 42.7. The summed E-state index contributed by atoms with van der Waals surface area (Å²) in [5.74, 6) is -0.463. The molecule has 0 radical (unpaired) electrons. The highest BCUT2D eigenvalue weighted by atomic mass is 16.5. The molecule has 0 saturated heterocycles. The number of allylic oxidation sites excluding steroid dienone is 2. The van der Waals surface area contributed by atoms with Crippen molar-refractivity contribution in [2.24, 2.45) is 0 Å². The molecule has 0 aliphatic rings. The van der Waals surface area contributed by atoms with E-state index in [1.165, 1.54) is 218 Å². The van der Waals surface area contributed by atoms with E-state index in [2.05, 4.69) is 38.2 Å². The van der Waals surface area contributed by atoms with Gasteiger partial charge >= 0.3 is 5.97 Å². The van der Waals surface area contributed by atoms with Crippen LogP contribution >= 0.6 is 0 Å². The highest BCUT2D eigenvalue weighted by molar-refractivity contribution is 5.77. The van der Waals surface area contributed by atoms with Gasteiger partial charge in [-0.15, -0.1) is 0 Å². The first-order valence-corrected chi connectivity index (χ1v) is 28.4. The molecule has 0 aliphatic heterocycles. The molecule has 0 heterocycles. The van der Waals surface area contributed by atoms with E-state index in [4.69, 9.17) is 4.74 Å². The molecule has 0 aromatic carbocycles. The number of aliphatic hydroxyl groups is 2. The lowest BCUT2D eigenvalue weighted by atomic mass is 10.0. The lowest BCUT2D eigenvalue weighted by Crippen LogP contribution is -2.46. The number of aliphatic hydroxyl groups excluding tert-OH is 2. The van der Waals surface area contributed by atoms with Gasteiger partial charge in [0.2, 0.25) is 5.91 Å². The van der Waals surface area contributed by atoms with E-state index in [0.717, 1.165) is 51.4 Å². The van der Waals surface area contributed by atoms with Crippen molar-refractivity contribution in [3.63, 3.8) is 0 Å². The van der Waals surface area contributed by atoms with E-state index >= 15 is 0 Å². The molecule has 0 rings (SSSR count). The lowest BCUT2D eigenvalue weighted by Gasteiger charge is -2.24. The predicted octanol–water partition coefficient (Wildman–Crippen LogP) is 17.3. The van der Waals surface area contributed by atoms with Gasteiger partial charge in [0.1, 0.15) is 6.10 Å². The van der Waals surface area contributed by atoms with Gasteiger partial charge in [-0.25, -0.2) is 0 Å². The molecule has 0 spiro atoms. The number of carbonyl (C=O) groups excluding carboxylic acids is 2. The highest BCUT2D eigenvalue weighted by Crippen LogP contribution is 2.19. The second-order valence-corrected chi connectivity index (χ2v) is 19.7. The van der Waals surface area contributed by atoms with Crippen molar-refractivity contribution in [1.29, 1.82) is 0 Å². The second kappa shape index (κ2) is 51.6. The summed E-state index contributed by atoms with van der Waals surface area (Å²) < 4.78 is 5.95. The minimum atomic E-state index is -0.783. The van der Waals surface area contributed by atoms with Crippen LogP contribution in [0.1, 0.15) is 316 Å². The third-order valence-corrected chi connectivity index (χ3v) is 13.3. The summed E-state index contributed by atoms with van der Waals surface area (Å²) in [6.07, 6.45) is 58.5. The Morgan fingerprint density at radius 2 is 0.762 bits per heavy atom. The Morgan fingerprint density at radius 1 is 0.444 bits per heavy atom. The predicted molar refractivity (Wildman–Crippen MR) is 273 cm³/mol. The van der Waals surface area contributed by atoms with Crippen LogP contribution in [0.25, 0.3) is 0 Å². The number of amides is 1. The molecule has 0 bridgehead atoms. The average Bonchev–Trinajstić information content (AvgIpc) is 3.28. The van der Waals surface area contributed by atoms with Crippen molar-refractivity contribution >= 4 is 11.9 Å². The molecule has 3 N–H and O–H groups in total. The Bertz CT molecular complexity index is 955. The van der Waals surface area contributed by atoms with Gasteiger partial charge in [-0.1, -0.05) is 264 Å². The zero-order chi connectivity index (χ0) is 45.9. The van der Waals surface area contributed by atoms with Crippen LogP contribution in [-0.2, 0) is 14.3 Å². The Labute approximate surface area is 393 Å². The quantitative estimate of drug-likeness (QED) is 0.0321. The van der Waals surface area contributed by atoms with Crippen molar-refractivity contribution in [3.05, 3.63) is 12.2 Å². The van der Waals surface area contributed by atoms with E-state index in [1.54, 1.807) is 0 Å². The van der Waals surface area contributed by atoms with Crippen LogP contribution in [0.3, 0.4) is 0 Å². The molecule has 6 heteroatoms. The minimum absolute atomic E-state index is 0.0821. The van der Waals surface area contributed by atoms with Crippen LogP contribution in [0.4, 0.5) is 0 Å². The van der Waals surface area contributed by atoms with Crippen LogP contribution in [0.15, 0.2) is 12.2 Å². The van der Waals surface area contributed by atoms with E-state index < -0.39 is 18.2 Å². The summed E-state index contributed by atoms with van der Waals surface area (Å²) in [7, 11) is 0. The normalized spacial score (nSPS) is 13.2. The summed E-state index contributed by atoms with van der Waals surface area (Å²) in [6, 6.07) is -0.697. The standard InChI is InChI=1S/C57H111NO5/c1-4-7-10-13-16-19-22-25-27-28-30-31-33-36-39-42-45-48-53(63-57(62)50-47-44-41-38-35-24-21-18-15-12-9-6-3)51-56(61)58-54(52-59)55(60)49-46-43-40-37-34-32-29-26-23-20-17-14-11-8-5-2/h18,21,53-55,59-60H,4-17,19-20,22-52H2,1-3H3,(H,58,61)/b21-18-. The minimum Gasteiger partial charge on any atom is -0.462 e. The number of carbonyl (C=O) groups is 2. The van der Waals surface area contributed by atoms with E-state index in [-0.39, 0.29) is 24.9 Å². The molecule has 0 aromatic rings. The van der Waals surface area contributed by atoms with Crippen molar-refractivity contribution in [1.82, 2.24) is 5.32 Å². The van der Waals surface area contributed by atoms with Crippen LogP contribution in [0.5, 0.6) is 0 Å². The first-order valence-electron chi connectivity index (χ1n) is 28.4. The molecule has 1 amide bonds. The topological polar surface area (TPSA) is 95.9 Å². The van der Waals surface area contributed by atoms with Gasteiger partial charge in [0.05, 0.1) is 25.2 Å². The summed E-state index contributed by atoms with van der Waals surface area (Å²) in [4.78, 5) is 26.2. The molecule has 0 fully saturated rings. The molecular formula is C57H111NO5. The van der Waals surface area contributed by atoms with Gasteiger partial charge in [-0.05, 0) is 51.4 Å². The summed E-state index contributed by atoms with van der Waals surface area (Å²) in [6.45, 7) is 6.50. The average molecular weight is 891 g/mol. The molecule has 0 aromatic heterocycles. The Balaban J connectivity index is 4.50. The summed E-state index contributed by atoms with van der Waals surface area (Å²) >= 11 is 0. The number of unbranched alkanes of at least 4 members (excludes halogenated alkanes) is 38. The molecule has 3 atom stereocenters. The molecule has 374 valence electrons. The molecule has 0 aliphatic carbocycles. The fraction of sp³-hybridized carbons (Fsp3) is 0.930. The van der Waals surface area contributed by atoms with Gasteiger partial charge in [-0.3, -0.25) is 9.59 Å². The Hall–Kier alpha value is -1.40.